The normalized spacial score (nSPS) is 10.3. The molecule has 0 spiro atoms. The van der Waals surface area contributed by atoms with E-state index < -0.39 is 11.6 Å². The van der Waals surface area contributed by atoms with E-state index in [0.29, 0.717) is 12.0 Å². The highest BCUT2D eigenvalue weighted by Gasteiger charge is 2.15. The van der Waals surface area contributed by atoms with Gasteiger partial charge in [-0.05, 0) is 24.3 Å². The van der Waals surface area contributed by atoms with E-state index in [2.05, 4.69) is 4.98 Å². The number of benzene rings is 1. The van der Waals surface area contributed by atoms with Crippen molar-refractivity contribution in [2.75, 3.05) is 11.9 Å². The molecule has 5 heteroatoms. The second-order valence-electron chi connectivity index (χ2n) is 4.13. The maximum atomic E-state index is 13.8. The van der Waals surface area contributed by atoms with Crippen LogP contribution < -0.4 is 4.90 Å². The first-order valence-electron chi connectivity index (χ1n) is 5.67. The molecule has 1 heterocycles. The van der Waals surface area contributed by atoms with Crippen molar-refractivity contribution in [1.82, 2.24) is 4.98 Å². The maximum Gasteiger partial charge on any atom is 0.150 e. The van der Waals surface area contributed by atoms with E-state index in [4.69, 9.17) is 0 Å². The summed E-state index contributed by atoms with van der Waals surface area (Å²) in [4.78, 5) is 16.0. The van der Waals surface area contributed by atoms with Gasteiger partial charge in [0, 0.05) is 18.8 Å². The van der Waals surface area contributed by atoms with E-state index in [1.54, 1.807) is 31.4 Å². The fraction of sp³-hybridized carbons (Fsp3) is 0.143. The second kappa shape index (κ2) is 5.56. The number of halogens is 2. The van der Waals surface area contributed by atoms with Gasteiger partial charge in [-0.25, -0.2) is 8.78 Å². The number of carbonyl (C=O) groups excluding carboxylic acids is 1. The molecule has 0 bridgehead atoms. The number of rotatable bonds is 4. The molecule has 0 saturated carbocycles. The maximum absolute atomic E-state index is 13.8. The van der Waals surface area contributed by atoms with E-state index in [1.165, 1.54) is 4.90 Å². The van der Waals surface area contributed by atoms with Crippen molar-refractivity contribution in [2.24, 2.45) is 0 Å². The van der Waals surface area contributed by atoms with Gasteiger partial charge in [0.05, 0.1) is 12.2 Å². The van der Waals surface area contributed by atoms with Crippen molar-refractivity contribution in [3.63, 3.8) is 0 Å². The Morgan fingerprint density at radius 3 is 2.47 bits per heavy atom. The number of pyridine rings is 1. The van der Waals surface area contributed by atoms with Crippen LogP contribution in [0.15, 0.2) is 36.5 Å². The zero-order valence-electron chi connectivity index (χ0n) is 10.3. The summed E-state index contributed by atoms with van der Waals surface area (Å²) in [5.74, 6) is -1.53. The number of aldehydes is 1. The quantitative estimate of drug-likeness (QED) is 0.794. The zero-order valence-corrected chi connectivity index (χ0v) is 10.3. The molecule has 0 N–H and O–H groups in total. The van der Waals surface area contributed by atoms with Crippen molar-refractivity contribution in [1.29, 1.82) is 0 Å². The molecular formula is C14H12F2N2O. The average molecular weight is 262 g/mol. The molecule has 19 heavy (non-hydrogen) atoms. The Kier molecular flexibility index (Phi) is 3.85. The van der Waals surface area contributed by atoms with E-state index in [0.717, 1.165) is 12.1 Å². The molecule has 0 amide bonds. The molecule has 0 saturated heterocycles. The number of anilines is 1. The highest BCUT2D eigenvalue weighted by molar-refractivity contribution is 5.76. The van der Waals surface area contributed by atoms with Crippen LogP contribution >= 0.6 is 0 Å². The van der Waals surface area contributed by atoms with Gasteiger partial charge in [0.25, 0.3) is 0 Å². The van der Waals surface area contributed by atoms with Gasteiger partial charge in [-0.3, -0.25) is 9.78 Å². The third kappa shape index (κ3) is 2.93. The molecule has 2 aromatic rings. The van der Waals surface area contributed by atoms with Crippen LogP contribution in [-0.2, 0) is 6.54 Å². The minimum absolute atomic E-state index is 0.0232. The van der Waals surface area contributed by atoms with Crippen LogP contribution in [0.5, 0.6) is 0 Å². The van der Waals surface area contributed by atoms with Crippen molar-refractivity contribution in [3.8, 4) is 0 Å². The molecule has 0 aliphatic rings. The molecule has 0 atom stereocenters. The van der Waals surface area contributed by atoms with Gasteiger partial charge in [0.15, 0.2) is 0 Å². The van der Waals surface area contributed by atoms with Crippen molar-refractivity contribution >= 4 is 12.0 Å². The molecule has 3 nitrogen and oxygen atoms in total. The Morgan fingerprint density at radius 1 is 1.26 bits per heavy atom. The molecule has 0 unspecified atom stereocenters. The molecule has 2 rings (SSSR count). The fourth-order valence-corrected chi connectivity index (χ4v) is 1.83. The van der Waals surface area contributed by atoms with Crippen LogP contribution in [0, 0.1) is 11.6 Å². The van der Waals surface area contributed by atoms with E-state index in [1.807, 2.05) is 0 Å². The van der Waals surface area contributed by atoms with Crippen LogP contribution in [0.3, 0.4) is 0 Å². The van der Waals surface area contributed by atoms with Crippen LogP contribution in [0.2, 0.25) is 0 Å². The Balaban J connectivity index is 2.29. The molecule has 0 aliphatic carbocycles. The van der Waals surface area contributed by atoms with Crippen molar-refractivity contribution in [2.45, 2.75) is 6.54 Å². The van der Waals surface area contributed by atoms with E-state index >= 15 is 0 Å². The topological polar surface area (TPSA) is 33.2 Å². The lowest BCUT2D eigenvalue weighted by Gasteiger charge is -2.20. The molecular weight excluding hydrogens is 250 g/mol. The first-order chi connectivity index (χ1) is 9.11. The average Bonchev–Trinajstić information content (AvgIpc) is 2.38. The first-order valence-corrected chi connectivity index (χ1v) is 5.67. The lowest BCUT2D eigenvalue weighted by Crippen LogP contribution is -2.20. The Bertz CT molecular complexity index is 564. The number of hydrogen-bond acceptors (Lipinski definition) is 3. The summed E-state index contributed by atoms with van der Waals surface area (Å²) in [7, 11) is 1.57. The SMILES string of the molecule is CN(Cc1ccccn1)c1c(F)cc(C=O)cc1F. The lowest BCUT2D eigenvalue weighted by molar-refractivity contribution is 0.112. The first kappa shape index (κ1) is 13.1. The highest BCUT2D eigenvalue weighted by Crippen LogP contribution is 2.24. The minimum Gasteiger partial charge on any atom is -0.364 e. The number of hydrogen-bond donors (Lipinski definition) is 0. The lowest BCUT2D eigenvalue weighted by atomic mass is 10.2. The van der Waals surface area contributed by atoms with Gasteiger partial charge in [0.2, 0.25) is 0 Å². The summed E-state index contributed by atoms with van der Waals surface area (Å²) >= 11 is 0. The third-order valence-electron chi connectivity index (χ3n) is 2.68. The highest BCUT2D eigenvalue weighted by atomic mass is 19.1. The molecule has 1 aromatic heterocycles. The summed E-state index contributed by atoms with van der Waals surface area (Å²) in [5.41, 5.74) is 0.504. The minimum atomic E-state index is -0.763. The van der Waals surface area contributed by atoms with Gasteiger partial charge < -0.3 is 4.90 Å². The summed E-state index contributed by atoms with van der Waals surface area (Å²) in [6.45, 7) is 0.273. The third-order valence-corrected chi connectivity index (χ3v) is 2.68. The van der Waals surface area contributed by atoms with Gasteiger partial charge in [-0.2, -0.15) is 0 Å². The fourth-order valence-electron chi connectivity index (χ4n) is 1.83. The summed E-state index contributed by atoms with van der Waals surface area (Å²) < 4.78 is 27.6. The van der Waals surface area contributed by atoms with E-state index in [9.17, 15) is 13.6 Å². The van der Waals surface area contributed by atoms with Crippen LogP contribution in [-0.4, -0.2) is 18.3 Å². The van der Waals surface area contributed by atoms with Gasteiger partial charge in [0.1, 0.15) is 23.6 Å². The number of aromatic nitrogens is 1. The number of carbonyl (C=O) groups is 1. The molecule has 0 fully saturated rings. The Morgan fingerprint density at radius 2 is 1.95 bits per heavy atom. The van der Waals surface area contributed by atoms with Crippen LogP contribution in [0.4, 0.5) is 14.5 Å². The smallest absolute Gasteiger partial charge is 0.150 e. The Labute approximate surface area is 109 Å². The summed E-state index contributed by atoms with van der Waals surface area (Å²) in [5, 5.41) is 0. The van der Waals surface area contributed by atoms with Gasteiger partial charge in [-0.15, -0.1) is 0 Å². The molecule has 98 valence electrons. The largest absolute Gasteiger partial charge is 0.364 e. The van der Waals surface area contributed by atoms with Gasteiger partial charge in [-0.1, -0.05) is 6.07 Å². The molecule has 0 radical (unpaired) electrons. The van der Waals surface area contributed by atoms with Crippen LogP contribution in [0.25, 0.3) is 0 Å². The molecule has 1 aromatic carbocycles. The zero-order chi connectivity index (χ0) is 13.8. The number of nitrogens with zero attached hydrogens (tertiary/aromatic N) is 2. The standard InChI is InChI=1S/C14H12F2N2O/c1-18(8-11-4-2-3-5-17-11)14-12(15)6-10(9-19)7-13(14)16/h2-7,9H,8H2,1H3. The second-order valence-corrected chi connectivity index (χ2v) is 4.13. The van der Waals surface area contributed by atoms with Crippen molar-refractivity contribution in [3.05, 3.63) is 59.4 Å². The van der Waals surface area contributed by atoms with Crippen molar-refractivity contribution < 1.29 is 13.6 Å². The Hall–Kier alpha value is -2.30. The van der Waals surface area contributed by atoms with Crippen LogP contribution in [0.1, 0.15) is 16.1 Å². The predicted molar refractivity (Wildman–Crippen MR) is 68.1 cm³/mol. The van der Waals surface area contributed by atoms with E-state index in [-0.39, 0.29) is 17.8 Å². The monoisotopic (exact) mass is 262 g/mol. The predicted octanol–water partition coefficient (Wildman–Crippen LogP) is 2.81. The summed E-state index contributed by atoms with van der Waals surface area (Å²) in [6, 6.07) is 7.37. The van der Waals surface area contributed by atoms with Gasteiger partial charge >= 0.3 is 0 Å². The summed E-state index contributed by atoms with van der Waals surface area (Å²) in [6.07, 6.45) is 2.03. The molecule has 0 aliphatic heterocycles.